The quantitative estimate of drug-likeness (QED) is 0.742. The Kier molecular flexibility index (Phi) is 4.92. The third-order valence-electron chi connectivity index (χ3n) is 5.11. The summed E-state index contributed by atoms with van der Waals surface area (Å²) < 4.78 is 35.5. The van der Waals surface area contributed by atoms with Crippen LogP contribution in [0.2, 0.25) is 0 Å². The van der Waals surface area contributed by atoms with Crippen LogP contribution in [0, 0.1) is 20.8 Å². The van der Waals surface area contributed by atoms with Gasteiger partial charge in [-0.25, -0.2) is 8.42 Å². The van der Waals surface area contributed by atoms with Crippen molar-refractivity contribution in [2.75, 3.05) is 0 Å². The van der Waals surface area contributed by atoms with Crippen LogP contribution in [0.25, 0.3) is 0 Å². The first-order valence-electron chi connectivity index (χ1n) is 8.67. The van der Waals surface area contributed by atoms with Gasteiger partial charge in [-0.3, -0.25) is 4.79 Å². The van der Waals surface area contributed by atoms with Gasteiger partial charge in [0.2, 0.25) is 0 Å². The molecule has 7 heteroatoms. The van der Waals surface area contributed by atoms with Gasteiger partial charge in [0.15, 0.2) is 27.0 Å². The van der Waals surface area contributed by atoms with Gasteiger partial charge in [-0.05, 0) is 56.9 Å². The van der Waals surface area contributed by atoms with Crippen LogP contribution >= 0.6 is 0 Å². The Bertz CT molecular complexity index is 923. The van der Waals surface area contributed by atoms with Crippen molar-refractivity contribution >= 4 is 15.8 Å². The smallest absolute Gasteiger partial charge is 0.328 e. The Morgan fingerprint density at radius 1 is 1.15 bits per heavy atom. The van der Waals surface area contributed by atoms with Crippen LogP contribution in [0.5, 0.6) is 0 Å². The maximum absolute atomic E-state index is 13.3. The molecule has 1 saturated carbocycles. The molecule has 0 aliphatic heterocycles. The molecular formula is C19H23NO5S. The summed E-state index contributed by atoms with van der Waals surface area (Å²) >= 11 is 0. The number of ether oxygens (including phenoxy) is 1. The molecule has 0 amide bonds. The van der Waals surface area contributed by atoms with E-state index >= 15 is 0 Å². The minimum Gasteiger partial charge on any atom is -0.456 e. The van der Waals surface area contributed by atoms with Gasteiger partial charge in [0.25, 0.3) is 0 Å². The molecule has 0 spiro atoms. The summed E-state index contributed by atoms with van der Waals surface area (Å²) in [6, 6.07) is 6.64. The van der Waals surface area contributed by atoms with Crippen molar-refractivity contribution in [2.24, 2.45) is 0 Å². The summed E-state index contributed by atoms with van der Waals surface area (Å²) in [7, 11) is -3.86. The number of carbonyl (C=O) groups is 1. The maximum Gasteiger partial charge on any atom is 0.328 e. The van der Waals surface area contributed by atoms with E-state index in [2.05, 4.69) is 5.16 Å². The lowest BCUT2D eigenvalue weighted by Gasteiger charge is -2.26. The normalized spacial score (nSPS) is 16.6. The van der Waals surface area contributed by atoms with Crippen molar-refractivity contribution in [2.45, 2.75) is 62.7 Å². The highest BCUT2D eigenvalue weighted by Gasteiger charge is 2.54. The third-order valence-corrected chi connectivity index (χ3v) is 7.59. The molecule has 0 saturated heterocycles. The van der Waals surface area contributed by atoms with E-state index in [0.29, 0.717) is 24.3 Å². The first kappa shape index (κ1) is 18.6. The average molecular weight is 377 g/mol. The van der Waals surface area contributed by atoms with Gasteiger partial charge in [0.05, 0.1) is 10.6 Å². The molecule has 1 aromatic carbocycles. The van der Waals surface area contributed by atoms with Crippen molar-refractivity contribution in [3.63, 3.8) is 0 Å². The zero-order valence-corrected chi connectivity index (χ0v) is 16.1. The zero-order chi connectivity index (χ0) is 18.9. The first-order chi connectivity index (χ1) is 12.3. The monoisotopic (exact) mass is 377 g/mol. The Morgan fingerprint density at radius 3 is 2.42 bits per heavy atom. The topological polar surface area (TPSA) is 86.5 Å². The highest BCUT2D eigenvalue weighted by molar-refractivity contribution is 7.93. The number of hydrogen-bond donors (Lipinski definition) is 0. The predicted octanol–water partition coefficient (Wildman–Crippen LogP) is 3.43. The molecule has 1 aliphatic carbocycles. The molecule has 0 radical (unpaired) electrons. The Labute approximate surface area is 153 Å². The number of benzene rings is 1. The fourth-order valence-electron chi connectivity index (χ4n) is 3.39. The Hall–Kier alpha value is -2.15. The number of aromatic nitrogens is 1. The Morgan fingerprint density at radius 2 is 1.85 bits per heavy atom. The van der Waals surface area contributed by atoms with Gasteiger partial charge in [-0.2, -0.15) is 0 Å². The highest BCUT2D eigenvalue weighted by Crippen LogP contribution is 2.42. The maximum atomic E-state index is 13.3. The van der Waals surface area contributed by atoms with E-state index in [-0.39, 0.29) is 24.3 Å². The summed E-state index contributed by atoms with van der Waals surface area (Å²) in [4.78, 5) is 13.0. The summed E-state index contributed by atoms with van der Waals surface area (Å²) in [5.41, 5.74) is 2.56. The van der Waals surface area contributed by atoms with Crippen LogP contribution in [-0.4, -0.2) is 24.3 Å². The van der Waals surface area contributed by atoms with Crippen molar-refractivity contribution in [1.82, 2.24) is 5.16 Å². The molecular weight excluding hydrogens is 354 g/mol. The van der Waals surface area contributed by atoms with Crippen molar-refractivity contribution in [3.8, 4) is 0 Å². The molecule has 3 rings (SSSR count). The lowest BCUT2D eigenvalue weighted by Crippen LogP contribution is -2.45. The molecule has 1 aliphatic rings. The predicted molar refractivity (Wildman–Crippen MR) is 95.3 cm³/mol. The number of carbonyl (C=O) groups excluding carboxylic acids is 1. The van der Waals surface area contributed by atoms with Gasteiger partial charge >= 0.3 is 5.97 Å². The van der Waals surface area contributed by atoms with Gasteiger partial charge in [0, 0.05) is 6.07 Å². The molecule has 140 valence electrons. The minimum atomic E-state index is -3.86. The average Bonchev–Trinajstić information content (AvgIpc) is 3.25. The van der Waals surface area contributed by atoms with Crippen LogP contribution in [0.3, 0.4) is 0 Å². The van der Waals surface area contributed by atoms with E-state index in [1.54, 1.807) is 31.2 Å². The largest absolute Gasteiger partial charge is 0.456 e. The molecule has 2 aromatic rings. The van der Waals surface area contributed by atoms with E-state index in [0.717, 1.165) is 11.1 Å². The fourth-order valence-corrected chi connectivity index (χ4v) is 5.52. The molecule has 1 fully saturated rings. The van der Waals surface area contributed by atoms with Crippen molar-refractivity contribution in [3.05, 3.63) is 46.8 Å². The molecule has 1 aromatic heterocycles. The first-order valence-corrected chi connectivity index (χ1v) is 10.2. The van der Waals surface area contributed by atoms with Gasteiger partial charge in [0.1, 0.15) is 0 Å². The van der Waals surface area contributed by atoms with E-state index in [1.165, 1.54) is 0 Å². The molecule has 0 N–H and O–H groups in total. The lowest BCUT2D eigenvalue weighted by atomic mass is 10.1. The lowest BCUT2D eigenvalue weighted by molar-refractivity contribution is -0.148. The second kappa shape index (κ2) is 6.87. The minimum absolute atomic E-state index is 0.121. The number of sulfone groups is 1. The number of nitrogens with zero attached hydrogens (tertiary/aromatic N) is 1. The zero-order valence-electron chi connectivity index (χ0n) is 15.2. The van der Waals surface area contributed by atoms with Gasteiger partial charge in [-0.1, -0.05) is 24.1 Å². The number of hydrogen-bond acceptors (Lipinski definition) is 6. The summed E-state index contributed by atoms with van der Waals surface area (Å²) in [5.74, 6) is -0.310. The molecule has 26 heavy (non-hydrogen) atoms. The van der Waals surface area contributed by atoms with E-state index < -0.39 is 20.6 Å². The van der Waals surface area contributed by atoms with Gasteiger partial charge in [-0.15, -0.1) is 0 Å². The Balaban J connectivity index is 1.90. The van der Waals surface area contributed by atoms with Crippen LogP contribution in [-0.2, 0) is 26.0 Å². The number of esters is 1. The van der Waals surface area contributed by atoms with E-state index in [9.17, 15) is 13.2 Å². The molecule has 1 heterocycles. The molecule has 0 bridgehead atoms. The van der Waals surface area contributed by atoms with Crippen LogP contribution < -0.4 is 0 Å². The van der Waals surface area contributed by atoms with Crippen molar-refractivity contribution in [1.29, 1.82) is 0 Å². The van der Waals surface area contributed by atoms with Crippen LogP contribution in [0.15, 0.2) is 33.7 Å². The molecule has 6 nitrogen and oxygen atoms in total. The number of rotatable bonds is 5. The van der Waals surface area contributed by atoms with Crippen molar-refractivity contribution < 1.29 is 22.5 Å². The second-order valence-electron chi connectivity index (χ2n) is 6.96. The summed E-state index contributed by atoms with van der Waals surface area (Å²) in [6.45, 7) is 5.42. The van der Waals surface area contributed by atoms with E-state index in [4.69, 9.17) is 9.26 Å². The van der Waals surface area contributed by atoms with Crippen LogP contribution in [0.4, 0.5) is 0 Å². The third kappa shape index (κ3) is 3.16. The SMILES string of the molecule is Cc1cc(COC(=O)C2(S(=O)(=O)c3ccc(C)c(C)c3)CCCC2)on1. The van der Waals surface area contributed by atoms with Gasteiger partial charge < -0.3 is 9.26 Å². The second-order valence-corrected chi connectivity index (χ2v) is 9.22. The molecule has 0 unspecified atom stereocenters. The highest BCUT2D eigenvalue weighted by atomic mass is 32.2. The summed E-state index contributed by atoms with van der Waals surface area (Å²) in [5, 5.41) is 3.74. The van der Waals surface area contributed by atoms with Crippen LogP contribution in [0.1, 0.15) is 48.3 Å². The summed E-state index contributed by atoms with van der Waals surface area (Å²) in [6.07, 6.45) is 1.91. The number of aryl methyl sites for hydroxylation is 3. The standard InChI is InChI=1S/C19H23NO5S/c1-13-6-7-17(10-14(13)2)26(22,23)19(8-4-5-9-19)18(21)24-12-16-11-15(3)20-25-16/h6-7,10-11H,4-5,8-9,12H2,1-3H3. The van der Waals surface area contributed by atoms with E-state index in [1.807, 2.05) is 13.8 Å². The molecule has 0 atom stereocenters. The fraction of sp³-hybridized carbons (Fsp3) is 0.474.